The number of fused-ring (bicyclic) bond motifs is 1. The second-order valence-electron chi connectivity index (χ2n) is 4.52. The summed E-state index contributed by atoms with van der Waals surface area (Å²) < 4.78 is 0. The van der Waals surface area contributed by atoms with E-state index < -0.39 is 0 Å². The van der Waals surface area contributed by atoms with Gasteiger partial charge in [-0.25, -0.2) is 0 Å². The molecule has 0 spiro atoms. The van der Waals surface area contributed by atoms with Gasteiger partial charge in [0, 0.05) is 12.1 Å². The van der Waals surface area contributed by atoms with E-state index in [1.165, 1.54) is 0 Å². The third-order valence-electron chi connectivity index (χ3n) is 3.08. The lowest BCUT2D eigenvalue weighted by molar-refractivity contribution is 0.0953. The Hall–Kier alpha value is -1.87. The highest BCUT2D eigenvalue weighted by atomic mass is 16.1. The van der Waals surface area contributed by atoms with Crippen LogP contribution in [0, 0.1) is 0 Å². The molecule has 3 nitrogen and oxygen atoms in total. The van der Waals surface area contributed by atoms with Crippen LogP contribution >= 0.6 is 0 Å². The third kappa shape index (κ3) is 3.80. The number of amides is 1. The molecule has 0 unspecified atom stereocenters. The Kier molecular flexibility index (Phi) is 4.93. The van der Waals surface area contributed by atoms with Crippen molar-refractivity contribution in [3.63, 3.8) is 0 Å². The number of hydrogen-bond acceptors (Lipinski definition) is 2. The van der Waals surface area contributed by atoms with Crippen molar-refractivity contribution in [3.05, 3.63) is 48.0 Å². The summed E-state index contributed by atoms with van der Waals surface area (Å²) in [5.74, 6) is 0.00208. The molecule has 0 saturated carbocycles. The molecule has 19 heavy (non-hydrogen) atoms. The molecule has 0 atom stereocenters. The van der Waals surface area contributed by atoms with Crippen molar-refractivity contribution in [1.29, 1.82) is 0 Å². The maximum atomic E-state index is 12.0. The lowest BCUT2D eigenvalue weighted by Crippen LogP contribution is -2.27. The van der Waals surface area contributed by atoms with Crippen LogP contribution in [0.4, 0.5) is 0 Å². The summed E-state index contributed by atoms with van der Waals surface area (Å²) in [6, 6.07) is 13.9. The average Bonchev–Trinajstić information content (AvgIpc) is 2.46. The van der Waals surface area contributed by atoms with Crippen LogP contribution in [0.25, 0.3) is 10.8 Å². The molecule has 2 aromatic carbocycles. The van der Waals surface area contributed by atoms with Gasteiger partial charge in [-0.1, -0.05) is 37.3 Å². The number of carbonyl (C=O) groups is 1. The van der Waals surface area contributed by atoms with E-state index in [4.69, 9.17) is 0 Å². The van der Waals surface area contributed by atoms with Crippen molar-refractivity contribution >= 4 is 16.7 Å². The van der Waals surface area contributed by atoms with Crippen molar-refractivity contribution in [2.45, 2.75) is 13.3 Å². The summed E-state index contributed by atoms with van der Waals surface area (Å²) in [5, 5.41) is 8.44. The fourth-order valence-corrected chi connectivity index (χ4v) is 2.02. The lowest BCUT2D eigenvalue weighted by Gasteiger charge is -2.06. The molecular formula is C16H20N2O. The van der Waals surface area contributed by atoms with Crippen molar-refractivity contribution in [2.24, 2.45) is 0 Å². The number of hydrogen-bond donors (Lipinski definition) is 2. The molecule has 3 heteroatoms. The molecule has 0 bridgehead atoms. The number of carbonyl (C=O) groups excluding carboxylic acids is 1. The fourth-order valence-electron chi connectivity index (χ4n) is 2.02. The second kappa shape index (κ2) is 6.90. The summed E-state index contributed by atoms with van der Waals surface area (Å²) >= 11 is 0. The van der Waals surface area contributed by atoms with Gasteiger partial charge in [0.05, 0.1) is 0 Å². The zero-order valence-corrected chi connectivity index (χ0v) is 11.3. The topological polar surface area (TPSA) is 41.1 Å². The van der Waals surface area contributed by atoms with Gasteiger partial charge in [-0.05, 0) is 42.4 Å². The Labute approximate surface area is 114 Å². The van der Waals surface area contributed by atoms with Crippen molar-refractivity contribution in [1.82, 2.24) is 10.6 Å². The molecule has 2 aromatic rings. The predicted molar refractivity (Wildman–Crippen MR) is 79.4 cm³/mol. The van der Waals surface area contributed by atoms with E-state index in [1.54, 1.807) is 0 Å². The van der Waals surface area contributed by atoms with E-state index in [9.17, 15) is 4.79 Å². The van der Waals surface area contributed by atoms with Crippen molar-refractivity contribution < 1.29 is 4.79 Å². The Bertz CT molecular complexity index is 551. The van der Waals surface area contributed by atoms with Gasteiger partial charge in [0.25, 0.3) is 5.91 Å². The molecule has 2 N–H and O–H groups in total. The highest BCUT2D eigenvalue weighted by Gasteiger charge is 2.05. The summed E-state index contributed by atoms with van der Waals surface area (Å²) in [6.45, 7) is 4.69. The van der Waals surface area contributed by atoms with Gasteiger partial charge in [0.1, 0.15) is 0 Å². The van der Waals surface area contributed by atoms with Crippen LogP contribution in [0.2, 0.25) is 0 Å². The molecule has 0 aliphatic heterocycles. The van der Waals surface area contributed by atoms with Gasteiger partial charge < -0.3 is 10.6 Å². The van der Waals surface area contributed by atoms with Gasteiger partial charge in [0.2, 0.25) is 0 Å². The zero-order valence-electron chi connectivity index (χ0n) is 11.3. The number of nitrogens with one attached hydrogen (secondary N) is 2. The molecule has 0 aliphatic rings. The quantitative estimate of drug-likeness (QED) is 0.780. The molecule has 2 rings (SSSR count). The van der Waals surface area contributed by atoms with Gasteiger partial charge in [-0.15, -0.1) is 0 Å². The fraction of sp³-hybridized carbons (Fsp3) is 0.312. The van der Waals surface area contributed by atoms with E-state index in [-0.39, 0.29) is 5.91 Å². The van der Waals surface area contributed by atoms with Crippen LogP contribution in [-0.2, 0) is 0 Å². The van der Waals surface area contributed by atoms with Crippen molar-refractivity contribution in [2.75, 3.05) is 19.6 Å². The summed E-state index contributed by atoms with van der Waals surface area (Å²) in [7, 11) is 0. The molecule has 0 fully saturated rings. The van der Waals surface area contributed by atoms with E-state index in [1.807, 2.05) is 42.5 Å². The van der Waals surface area contributed by atoms with Crippen LogP contribution in [0.5, 0.6) is 0 Å². The minimum absolute atomic E-state index is 0.00208. The number of rotatable bonds is 6. The minimum atomic E-state index is 0.00208. The summed E-state index contributed by atoms with van der Waals surface area (Å²) in [5.41, 5.74) is 0.724. The first-order valence-corrected chi connectivity index (χ1v) is 6.79. The molecule has 0 aliphatic carbocycles. The van der Waals surface area contributed by atoms with Crippen LogP contribution in [-0.4, -0.2) is 25.5 Å². The van der Waals surface area contributed by atoms with Gasteiger partial charge in [-0.2, -0.15) is 0 Å². The average molecular weight is 256 g/mol. The summed E-state index contributed by atoms with van der Waals surface area (Å²) in [4.78, 5) is 12.0. The maximum Gasteiger partial charge on any atom is 0.251 e. The van der Waals surface area contributed by atoms with Crippen LogP contribution in [0.15, 0.2) is 42.5 Å². The molecular weight excluding hydrogens is 236 g/mol. The Morgan fingerprint density at radius 2 is 1.84 bits per heavy atom. The minimum Gasteiger partial charge on any atom is -0.352 e. The largest absolute Gasteiger partial charge is 0.352 e. The Morgan fingerprint density at radius 1 is 1.05 bits per heavy atom. The van der Waals surface area contributed by atoms with E-state index >= 15 is 0 Å². The Morgan fingerprint density at radius 3 is 2.63 bits per heavy atom. The van der Waals surface area contributed by atoms with Gasteiger partial charge >= 0.3 is 0 Å². The predicted octanol–water partition coefficient (Wildman–Crippen LogP) is 2.57. The first kappa shape index (κ1) is 13.6. The third-order valence-corrected chi connectivity index (χ3v) is 3.08. The van der Waals surface area contributed by atoms with Crippen molar-refractivity contribution in [3.8, 4) is 0 Å². The molecule has 0 saturated heterocycles. The highest BCUT2D eigenvalue weighted by molar-refractivity contribution is 5.98. The molecule has 0 aromatic heterocycles. The lowest BCUT2D eigenvalue weighted by atomic mass is 10.1. The first-order valence-electron chi connectivity index (χ1n) is 6.79. The maximum absolute atomic E-state index is 12.0. The summed E-state index contributed by atoms with van der Waals surface area (Å²) in [6.07, 6.45) is 0.952. The SMILES string of the molecule is CCNCCCNC(=O)c1ccc2ccccc2c1. The molecule has 0 heterocycles. The van der Waals surface area contributed by atoms with E-state index in [0.717, 1.165) is 35.8 Å². The zero-order chi connectivity index (χ0) is 13.5. The highest BCUT2D eigenvalue weighted by Crippen LogP contribution is 2.15. The standard InChI is InChI=1S/C16H20N2O/c1-2-17-10-5-11-18-16(19)15-9-8-13-6-3-4-7-14(13)12-15/h3-4,6-9,12,17H,2,5,10-11H2,1H3,(H,18,19). The van der Waals surface area contributed by atoms with Gasteiger partial charge in [0.15, 0.2) is 0 Å². The van der Waals surface area contributed by atoms with Crippen LogP contribution < -0.4 is 10.6 Å². The normalized spacial score (nSPS) is 10.6. The molecule has 100 valence electrons. The first-order chi connectivity index (χ1) is 9.31. The van der Waals surface area contributed by atoms with E-state index in [2.05, 4.69) is 17.6 Å². The van der Waals surface area contributed by atoms with E-state index in [0.29, 0.717) is 6.54 Å². The van der Waals surface area contributed by atoms with Crippen LogP contribution in [0.3, 0.4) is 0 Å². The monoisotopic (exact) mass is 256 g/mol. The van der Waals surface area contributed by atoms with Gasteiger partial charge in [-0.3, -0.25) is 4.79 Å². The number of benzene rings is 2. The Balaban J connectivity index is 1.93. The smallest absolute Gasteiger partial charge is 0.251 e. The van der Waals surface area contributed by atoms with Crippen LogP contribution in [0.1, 0.15) is 23.7 Å². The molecule has 1 amide bonds. The molecule has 0 radical (unpaired) electrons. The second-order valence-corrected chi connectivity index (χ2v) is 4.52.